The number of ether oxygens (including phenoxy) is 1. The third-order valence-corrected chi connectivity index (χ3v) is 4.51. The van der Waals surface area contributed by atoms with E-state index in [1.807, 2.05) is 55.6 Å². The van der Waals surface area contributed by atoms with Gasteiger partial charge in [-0.25, -0.2) is 0 Å². The second kappa shape index (κ2) is 11.1. The lowest BCUT2D eigenvalue weighted by atomic mass is 10.1. The van der Waals surface area contributed by atoms with Crippen LogP contribution in [0.1, 0.15) is 18.1 Å². The molecule has 0 radical (unpaired) electrons. The second-order valence-electron chi connectivity index (χ2n) is 6.78. The Morgan fingerprint density at radius 2 is 1.61 bits per heavy atom. The first-order valence-electron chi connectivity index (χ1n) is 9.61. The Kier molecular flexibility index (Phi) is 8.49. The molecule has 3 N–H and O–H groups in total. The van der Waals surface area contributed by atoms with E-state index in [0.29, 0.717) is 13.0 Å². The Morgan fingerprint density at radius 3 is 2.32 bits per heavy atom. The lowest BCUT2D eigenvalue weighted by Crippen LogP contribution is -3.11. The minimum atomic E-state index is -0.0970. The van der Waals surface area contributed by atoms with Crippen LogP contribution in [0.25, 0.3) is 0 Å². The fourth-order valence-electron chi connectivity index (χ4n) is 3.06. The van der Waals surface area contributed by atoms with Crippen LogP contribution in [0.5, 0.6) is 5.75 Å². The Balaban J connectivity index is 1.73. The molecule has 2 amide bonds. The predicted molar refractivity (Wildman–Crippen MR) is 111 cm³/mol. The van der Waals surface area contributed by atoms with Gasteiger partial charge < -0.3 is 20.3 Å². The monoisotopic (exact) mass is 384 g/mol. The van der Waals surface area contributed by atoms with Crippen molar-refractivity contribution in [1.29, 1.82) is 0 Å². The van der Waals surface area contributed by atoms with E-state index in [2.05, 4.69) is 17.6 Å². The quantitative estimate of drug-likeness (QED) is 0.574. The molecular formula is C22H30N3O3+. The number of benzene rings is 2. The van der Waals surface area contributed by atoms with Gasteiger partial charge in [0.2, 0.25) is 0 Å². The number of hydrogen-bond acceptors (Lipinski definition) is 3. The fraction of sp³-hybridized carbons (Fsp3) is 0.364. The van der Waals surface area contributed by atoms with Gasteiger partial charge in [0.1, 0.15) is 5.75 Å². The first-order valence-corrected chi connectivity index (χ1v) is 9.61. The van der Waals surface area contributed by atoms with Crippen molar-refractivity contribution >= 4 is 17.5 Å². The summed E-state index contributed by atoms with van der Waals surface area (Å²) in [5.41, 5.74) is 2.99. The summed E-state index contributed by atoms with van der Waals surface area (Å²) < 4.78 is 5.32. The summed E-state index contributed by atoms with van der Waals surface area (Å²) in [6.45, 7) is 3.06. The number of para-hydroxylation sites is 2. The van der Waals surface area contributed by atoms with E-state index >= 15 is 0 Å². The van der Waals surface area contributed by atoms with Gasteiger partial charge in [-0.1, -0.05) is 43.3 Å². The van der Waals surface area contributed by atoms with Gasteiger partial charge in [-0.2, -0.15) is 0 Å². The SMILES string of the molecule is CCc1ccccc1NC(=O)C[NH+](C)CC(=O)NCCc1ccccc1OC. The molecule has 0 aromatic heterocycles. The molecule has 2 aromatic rings. The van der Waals surface area contributed by atoms with Crippen LogP contribution in [0, 0.1) is 0 Å². The van der Waals surface area contributed by atoms with Crippen molar-refractivity contribution in [3.05, 3.63) is 59.7 Å². The van der Waals surface area contributed by atoms with Crippen molar-refractivity contribution in [2.24, 2.45) is 0 Å². The van der Waals surface area contributed by atoms with Crippen LogP contribution < -0.4 is 20.3 Å². The molecule has 2 aromatic carbocycles. The normalized spacial score (nSPS) is 11.5. The van der Waals surface area contributed by atoms with Crippen LogP contribution in [0.15, 0.2) is 48.5 Å². The topological polar surface area (TPSA) is 71.9 Å². The van der Waals surface area contributed by atoms with E-state index < -0.39 is 0 Å². The van der Waals surface area contributed by atoms with Gasteiger partial charge in [-0.3, -0.25) is 9.59 Å². The number of carbonyl (C=O) groups excluding carboxylic acids is 2. The molecule has 1 atom stereocenters. The fourth-order valence-corrected chi connectivity index (χ4v) is 3.06. The molecule has 0 heterocycles. The molecular weight excluding hydrogens is 354 g/mol. The van der Waals surface area contributed by atoms with Crippen LogP contribution >= 0.6 is 0 Å². The van der Waals surface area contributed by atoms with E-state index in [0.717, 1.165) is 33.9 Å². The molecule has 150 valence electrons. The number of likely N-dealkylation sites (N-methyl/N-ethyl adjacent to an activating group) is 1. The van der Waals surface area contributed by atoms with Crippen molar-refractivity contribution in [2.45, 2.75) is 19.8 Å². The highest BCUT2D eigenvalue weighted by Crippen LogP contribution is 2.17. The van der Waals surface area contributed by atoms with Crippen LogP contribution in [0.2, 0.25) is 0 Å². The molecule has 0 aliphatic carbocycles. The zero-order valence-electron chi connectivity index (χ0n) is 16.9. The minimum absolute atomic E-state index is 0.0749. The standard InChI is InChI=1S/C22H29N3O3/c1-4-17-9-5-7-11-19(17)24-22(27)16-25(2)15-21(26)23-14-13-18-10-6-8-12-20(18)28-3/h5-12H,4,13-16H2,1-3H3,(H,23,26)(H,24,27)/p+1. The number of hydrogen-bond donors (Lipinski definition) is 3. The summed E-state index contributed by atoms with van der Waals surface area (Å²) in [4.78, 5) is 25.2. The highest BCUT2D eigenvalue weighted by atomic mass is 16.5. The van der Waals surface area contributed by atoms with Crippen LogP contribution in [-0.2, 0) is 22.4 Å². The molecule has 0 aliphatic heterocycles. The molecule has 0 aliphatic rings. The Hall–Kier alpha value is -2.86. The third-order valence-electron chi connectivity index (χ3n) is 4.51. The molecule has 0 saturated heterocycles. The first-order chi connectivity index (χ1) is 13.5. The maximum absolute atomic E-state index is 12.3. The lowest BCUT2D eigenvalue weighted by Gasteiger charge is -2.15. The molecule has 6 heteroatoms. The van der Waals surface area contributed by atoms with Crippen molar-refractivity contribution in [2.75, 3.05) is 39.1 Å². The average Bonchev–Trinajstić information content (AvgIpc) is 2.68. The number of quaternary nitrogens is 1. The Bertz CT molecular complexity index is 792. The molecule has 1 unspecified atom stereocenters. The number of nitrogens with one attached hydrogen (secondary N) is 3. The lowest BCUT2D eigenvalue weighted by molar-refractivity contribution is -0.862. The zero-order valence-corrected chi connectivity index (χ0v) is 16.9. The summed E-state index contributed by atoms with van der Waals surface area (Å²) in [5, 5.41) is 5.85. The Morgan fingerprint density at radius 1 is 0.964 bits per heavy atom. The van der Waals surface area contributed by atoms with E-state index in [1.54, 1.807) is 7.11 Å². The van der Waals surface area contributed by atoms with Crippen molar-refractivity contribution < 1.29 is 19.2 Å². The molecule has 6 nitrogen and oxygen atoms in total. The summed E-state index contributed by atoms with van der Waals surface area (Å²) in [7, 11) is 3.48. The maximum Gasteiger partial charge on any atom is 0.279 e. The summed E-state index contributed by atoms with van der Waals surface area (Å²) in [5.74, 6) is 0.651. The Labute approximate surface area is 166 Å². The van der Waals surface area contributed by atoms with Gasteiger partial charge in [0.05, 0.1) is 14.2 Å². The van der Waals surface area contributed by atoms with Crippen molar-refractivity contribution in [1.82, 2.24) is 5.32 Å². The smallest absolute Gasteiger partial charge is 0.279 e. The second-order valence-corrected chi connectivity index (χ2v) is 6.78. The molecule has 0 fully saturated rings. The van der Waals surface area contributed by atoms with Crippen LogP contribution in [0.4, 0.5) is 5.69 Å². The average molecular weight is 385 g/mol. The number of rotatable bonds is 10. The number of carbonyl (C=O) groups is 2. The number of anilines is 1. The molecule has 0 spiro atoms. The summed E-state index contributed by atoms with van der Waals surface area (Å²) in [6, 6.07) is 15.5. The largest absolute Gasteiger partial charge is 0.496 e. The number of aryl methyl sites for hydroxylation is 1. The van der Waals surface area contributed by atoms with Gasteiger partial charge in [0.15, 0.2) is 13.1 Å². The van der Waals surface area contributed by atoms with Gasteiger partial charge in [0, 0.05) is 12.2 Å². The van der Waals surface area contributed by atoms with Gasteiger partial charge in [-0.15, -0.1) is 0 Å². The molecule has 0 bridgehead atoms. The van der Waals surface area contributed by atoms with Crippen molar-refractivity contribution in [3.8, 4) is 5.75 Å². The highest BCUT2D eigenvalue weighted by Gasteiger charge is 2.15. The minimum Gasteiger partial charge on any atom is -0.496 e. The number of methoxy groups -OCH3 is 1. The summed E-state index contributed by atoms with van der Waals surface area (Å²) >= 11 is 0. The van der Waals surface area contributed by atoms with E-state index in [9.17, 15) is 9.59 Å². The highest BCUT2D eigenvalue weighted by molar-refractivity contribution is 5.92. The van der Waals surface area contributed by atoms with Gasteiger partial charge >= 0.3 is 0 Å². The van der Waals surface area contributed by atoms with E-state index in [4.69, 9.17) is 4.74 Å². The van der Waals surface area contributed by atoms with Gasteiger partial charge in [-0.05, 0) is 36.1 Å². The third kappa shape index (κ3) is 6.70. The zero-order chi connectivity index (χ0) is 20.4. The van der Waals surface area contributed by atoms with E-state index in [-0.39, 0.29) is 24.9 Å². The first kappa shape index (κ1) is 21.4. The van der Waals surface area contributed by atoms with Crippen molar-refractivity contribution in [3.63, 3.8) is 0 Å². The maximum atomic E-state index is 12.3. The van der Waals surface area contributed by atoms with E-state index in [1.165, 1.54) is 0 Å². The molecule has 2 rings (SSSR count). The molecule has 28 heavy (non-hydrogen) atoms. The predicted octanol–water partition coefficient (Wildman–Crippen LogP) is 1.07. The summed E-state index contributed by atoms with van der Waals surface area (Å²) in [6.07, 6.45) is 1.55. The van der Waals surface area contributed by atoms with Crippen LogP contribution in [0.3, 0.4) is 0 Å². The number of amides is 2. The van der Waals surface area contributed by atoms with Gasteiger partial charge in [0.25, 0.3) is 11.8 Å². The molecule has 0 saturated carbocycles. The van der Waals surface area contributed by atoms with Crippen LogP contribution in [-0.4, -0.2) is 45.6 Å².